The molecule has 0 unspecified atom stereocenters. The van der Waals surface area contributed by atoms with Gasteiger partial charge in [-0.3, -0.25) is 14.4 Å². The molecule has 1 aromatic heterocycles. The standard InChI is InChI=1S/C23H29FN4O4S/c1-13(2)12-18(19(29)22-27-28-23(32-22)33-3)26-21(31)16-6-4-5-7-17(16)25-20(30)14-8-10-15(24)11-9-14/h8-11,13,16-18H,4-7,12H2,1-3H3,(H,25,30)(H,26,31)/t16-,17+,18+/m1/s1. The number of carbonyl (C=O) groups excluding carboxylic acids is 3. The lowest BCUT2D eigenvalue weighted by molar-refractivity contribution is -0.127. The predicted octanol–water partition coefficient (Wildman–Crippen LogP) is 3.63. The normalized spacial score (nSPS) is 19.2. The molecule has 0 radical (unpaired) electrons. The first-order valence-corrected chi connectivity index (χ1v) is 12.3. The van der Waals surface area contributed by atoms with Gasteiger partial charge in [0.15, 0.2) is 0 Å². The van der Waals surface area contributed by atoms with Gasteiger partial charge in [-0.2, -0.15) is 0 Å². The summed E-state index contributed by atoms with van der Waals surface area (Å²) in [5.74, 6) is -1.96. The number of aromatic nitrogens is 2. The molecule has 1 heterocycles. The molecule has 0 bridgehead atoms. The highest BCUT2D eigenvalue weighted by atomic mass is 32.2. The molecule has 0 aliphatic heterocycles. The smallest absolute Gasteiger partial charge is 0.286 e. The molecule has 3 atom stereocenters. The molecule has 8 nitrogen and oxygen atoms in total. The number of Topliss-reactive ketones (excluding diaryl/α,β-unsaturated/α-hetero) is 1. The predicted molar refractivity (Wildman–Crippen MR) is 121 cm³/mol. The summed E-state index contributed by atoms with van der Waals surface area (Å²) >= 11 is 1.23. The van der Waals surface area contributed by atoms with Gasteiger partial charge in [-0.05, 0) is 55.7 Å². The van der Waals surface area contributed by atoms with E-state index in [1.54, 1.807) is 6.26 Å². The van der Waals surface area contributed by atoms with Gasteiger partial charge in [0.05, 0.1) is 12.0 Å². The van der Waals surface area contributed by atoms with E-state index in [1.165, 1.54) is 36.0 Å². The number of amides is 2. The van der Waals surface area contributed by atoms with Crippen molar-refractivity contribution in [2.75, 3.05) is 6.26 Å². The minimum Gasteiger partial charge on any atom is -0.408 e. The van der Waals surface area contributed by atoms with Crippen molar-refractivity contribution in [3.63, 3.8) is 0 Å². The van der Waals surface area contributed by atoms with Gasteiger partial charge in [0.25, 0.3) is 17.0 Å². The zero-order valence-electron chi connectivity index (χ0n) is 19.0. The lowest BCUT2D eigenvalue weighted by atomic mass is 9.83. The van der Waals surface area contributed by atoms with Crippen LogP contribution in [0.15, 0.2) is 33.9 Å². The van der Waals surface area contributed by atoms with E-state index in [9.17, 15) is 18.8 Å². The average molecular weight is 477 g/mol. The summed E-state index contributed by atoms with van der Waals surface area (Å²) in [6.45, 7) is 3.92. The second-order valence-corrected chi connectivity index (χ2v) is 9.37. The van der Waals surface area contributed by atoms with Gasteiger partial charge in [0, 0.05) is 11.6 Å². The molecule has 1 saturated carbocycles. The van der Waals surface area contributed by atoms with Crippen LogP contribution in [0.25, 0.3) is 0 Å². The van der Waals surface area contributed by atoms with E-state index in [-0.39, 0.29) is 34.9 Å². The molecular weight excluding hydrogens is 447 g/mol. The van der Waals surface area contributed by atoms with Crippen LogP contribution in [-0.2, 0) is 4.79 Å². The van der Waals surface area contributed by atoms with E-state index in [2.05, 4.69) is 20.8 Å². The van der Waals surface area contributed by atoms with Crippen LogP contribution >= 0.6 is 11.8 Å². The summed E-state index contributed by atoms with van der Waals surface area (Å²) in [4.78, 5) is 38.8. The number of thioether (sulfide) groups is 1. The summed E-state index contributed by atoms with van der Waals surface area (Å²) in [5.41, 5.74) is 0.329. The van der Waals surface area contributed by atoms with E-state index in [0.29, 0.717) is 24.8 Å². The van der Waals surface area contributed by atoms with Crippen molar-refractivity contribution in [1.82, 2.24) is 20.8 Å². The zero-order valence-corrected chi connectivity index (χ0v) is 19.8. The second kappa shape index (κ2) is 11.4. The summed E-state index contributed by atoms with van der Waals surface area (Å²) in [6, 6.07) is 4.09. The van der Waals surface area contributed by atoms with Crippen LogP contribution in [-0.4, -0.2) is 46.1 Å². The summed E-state index contributed by atoms with van der Waals surface area (Å²) in [6.07, 6.45) is 5.16. The largest absolute Gasteiger partial charge is 0.408 e. The van der Waals surface area contributed by atoms with E-state index >= 15 is 0 Å². The Morgan fingerprint density at radius 3 is 2.48 bits per heavy atom. The van der Waals surface area contributed by atoms with Gasteiger partial charge in [-0.1, -0.05) is 38.5 Å². The fourth-order valence-electron chi connectivity index (χ4n) is 3.99. The van der Waals surface area contributed by atoms with E-state index in [1.807, 2.05) is 13.8 Å². The molecule has 2 N–H and O–H groups in total. The van der Waals surface area contributed by atoms with Gasteiger partial charge in [-0.25, -0.2) is 4.39 Å². The van der Waals surface area contributed by atoms with E-state index in [0.717, 1.165) is 12.8 Å². The first kappa shape index (κ1) is 24.9. The molecule has 2 amide bonds. The Morgan fingerprint density at radius 1 is 1.15 bits per heavy atom. The van der Waals surface area contributed by atoms with E-state index in [4.69, 9.17) is 4.42 Å². The van der Waals surface area contributed by atoms with Gasteiger partial charge >= 0.3 is 0 Å². The maximum Gasteiger partial charge on any atom is 0.286 e. The number of hydrogen-bond acceptors (Lipinski definition) is 7. The number of nitrogens with zero attached hydrogens (tertiary/aromatic N) is 2. The molecule has 1 aromatic carbocycles. The van der Waals surface area contributed by atoms with E-state index < -0.39 is 23.6 Å². The average Bonchev–Trinajstić information content (AvgIpc) is 3.28. The fourth-order valence-corrected chi connectivity index (χ4v) is 4.28. The highest BCUT2D eigenvalue weighted by molar-refractivity contribution is 7.98. The second-order valence-electron chi connectivity index (χ2n) is 8.61. The Morgan fingerprint density at radius 2 is 1.85 bits per heavy atom. The Kier molecular flexibility index (Phi) is 8.60. The van der Waals surface area contributed by atoms with Crippen LogP contribution in [0.1, 0.15) is 67.0 Å². The number of hydrogen-bond donors (Lipinski definition) is 2. The molecule has 3 rings (SSSR count). The van der Waals surface area contributed by atoms with Crippen LogP contribution in [0.2, 0.25) is 0 Å². The summed E-state index contributed by atoms with van der Waals surface area (Å²) < 4.78 is 18.5. The fraction of sp³-hybridized carbons (Fsp3) is 0.522. The minimum absolute atomic E-state index is 0.130. The Hall–Kier alpha value is -2.75. The van der Waals surface area contributed by atoms with Crippen molar-refractivity contribution < 1.29 is 23.2 Å². The number of rotatable bonds is 9. The number of nitrogens with one attached hydrogen (secondary N) is 2. The SMILES string of the molecule is CSc1nnc(C(=O)[C@H](CC(C)C)NC(=O)[C@@H]2CCCC[C@@H]2NC(=O)c2ccc(F)cc2)o1. The summed E-state index contributed by atoms with van der Waals surface area (Å²) in [7, 11) is 0. The maximum absolute atomic E-state index is 13.2. The first-order valence-electron chi connectivity index (χ1n) is 11.1. The third-order valence-electron chi connectivity index (χ3n) is 5.66. The zero-order chi connectivity index (χ0) is 24.0. The third-order valence-corrected chi connectivity index (χ3v) is 6.17. The quantitative estimate of drug-likeness (QED) is 0.420. The molecule has 0 saturated heterocycles. The minimum atomic E-state index is -0.803. The molecule has 0 spiro atoms. The molecule has 33 heavy (non-hydrogen) atoms. The summed E-state index contributed by atoms with van der Waals surface area (Å²) in [5, 5.41) is 13.7. The lowest BCUT2D eigenvalue weighted by Gasteiger charge is -2.32. The highest BCUT2D eigenvalue weighted by Gasteiger charge is 2.35. The van der Waals surface area contributed by atoms with Gasteiger partial charge < -0.3 is 15.1 Å². The van der Waals surface area contributed by atoms with Gasteiger partial charge in [0.2, 0.25) is 11.7 Å². The lowest BCUT2D eigenvalue weighted by Crippen LogP contribution is -2.52. The number of benzene rings is 1. The van der Waals surface area contributed by atoms with Crippen LogP contribution < -0.4 is 10.6 Å². The molecule has 10 heteroatoms. The number of halogens is 1. The topological polar surface area (TPSA) is 114 Å². The molecule has 178 valence electrons. The van der Waals surface area contributed by atoms with Crippen LogP contribution in [0.5, 0.6) is 0 Å². The Balaban J connectivity index is 1.71. The molecule has 1 fully saturated rings. The maximum atomic E-state index is 13.2. The van der Waals surface area contributed by atoms with Gasteiger partial charge in [0.1, 0.15) is 5.82 Å². The third kappa shape index (κ3) is 6.63. The molecule has 1 aliphatic rings. The van der Waals surface area contributed by atoms with Crippen LogP contribution in [0.4, 0.5) is 4.39 Å². The van der Waals surface area contributed by atoms with Crippen LogP contribution in [0, 0.1) is 17.7 Å². The Labute approximate surface area is 196 Å². The monoisotopic (exact) mass is 476 g/mol. The van der Waals surface area contributed by atoms with Crippen molar-refractivity contribution in [3.05, 3.63) is 41.5 Å². The van der Waals surface area contributed by atoms with Gasteiger partial charge in [-0.15, -0.1) is 10.2 Å². The number of ketones is 1. The van der Waals surface area contributed by atoms with Crippen molar-refractivity contribution in [2.45, 2.75) is 63.3 Å². The van der Waals surface area contributed by atoms with Crippen molar-refractivity contribution in [1.29, 1.82) is 0 Å². The Bertz CT molecular complexity index is 979. The molecule has 2 aromatic rings. The molecular formula is C23H29FN4O4S. The van der Waals surface area contributed by atoms with Crippen LogP contribution in [0.3, 0.4) is 0 Å². The first-order chi connectivity index (χ1) is 15.8. The number of carbonyl (C=O) groups is 3. The van der Waals surface area contributed by atoms with Crippen molar-refractivity contribution >= 4 is 29.4 Å². The molecule has 1 aliphatic carbocycles. The van der Waals surface area contributed by atoms with Crippen molar-refractivity contribution in [2.24, 2.45) is 11.8 Å². The van der Waals surface area contributed by atoms with Crippen molar-refractivity contribution in [3.8, 4) is 0 Å². The highest BCUT2D eigenvalue weighted by Crippen LogP contribution is 2.26.